The Hall–Kier alpha value is -3.39. The first kappa shape index (κ1) is 19.4. The first-order valence-corrected chi connectivity index (χ1v) is 8.79. The van der Waals surface area contributed by atoms with Crippen molar-refractivity contribution in [1.82, 2.24) is 15.0 Å². The molecule has 3 aromatic rings. The highest BCUT2D eigenvalue weighted by Gasteiger charge is 2.15. The molecule has 0 bridgehead atoms. The fraction of sp³-hybridized carbons (Fsp3) is 0.250. The molecule has 0 saturated carbocycles. The topological polar surface area (TPSA) is 95.7 Å². The maximum Gasteiger partial charge on any atom is 0.330 e. The number of benzene rings is 2. The second-order valence-corrected chi connectivity index (χ2v) is 5.86. The van der Waals surface area contributed by atoms with E-state index in [9.17, 15) is 9.90 Å². The summed E-state index contributed by atoms with van der Waals surface area (Å²) in [6, 6.07) is 12.2. The van der Waals surface area contributed by atoms with Gasteiger partial charge in [-0.15, -0.1) is 15.0 Å². The molecule has 0 fully saturated rings. The molecular formula is C20H21N3O5. The molecule has 0 aliphatic rings. The lowest BCUT2D eigenvalue weighted by atomic mass is 10.3. The summed E-state index contributed by atoms with van der Waals surface area (Å²) in [5.41, 5.74) is 1.88. The van der Waals surface area contributed by atoms with E-state index in [1.54, 1.807) is 12.1 Å². The van der Waals surface area contributed by atoms with Crippen LogP contribution < -0.4 is 4.74 Å². The minimum absolute atomic E-state index is 0.0396. The smallest absolute Gasteiger partial charge is 0.330 e. The molecule has 1 N–H and O–H groups in total. The van der Waals surface area contributed by atoms with E-state index in [-0.39, 0.29) is 19.0 Å². The normalized spacial score (nSPS) is 11.9. The summed E-state index contributed by atoms with van der Waals surface area (Å²) >= 11 is 0. The van der Waals surface area contributed by atoms with Gasteiger partial charge < -0.3 is 19.3 Å². The van der Waals surface area contributed by atoms with Gasteiger partial charge in [0.05, 0.1) is 6.61 Å². The van der Waals surface area contributed by atoms with Crippen LogP contribution in [0.2, 0.25) is 0 Å². The number of hydrogen-bond acceptors (Lipinski definition) is 7. The molecule has 0 radical (unpaired) electrons. The van der Waals surface area contributed by atoms with E-state index in [0.29, 0.717) is 18.0 Å². The molecule has 0 spiro atoms. The van der Waals surface area contributed by atoms with Gasteiger partial charge in [-0.3, -0.25) is 0 Å². The van der Waals surface area contributed by atoms with Crippen molar-refractivity contribution in [3.8, 4) is 17.2 Å². The molecule has 146 valence electrons. The number of phenolic OH excluding ortho intramolecular Hbond substituents is 1. The predicted octanol–water partition coefficient (Wildman–Crippen LogP) is 2.64. The maximum absolute atomic E-state index is 11.4. The number of ether oxygens (including phenoxy) is 3. The van der Waals surface area contributed by atoms with Gasteiger partial charge in [0.2, 0.25) is 0 Å². The van der Waals surface area contributed by atoms with E-state index in [2.05, 4.69) is 16.8 Å². The quantitative estimate of drug-likeness (QED) is 0.448. The Kier molecular flexibility index (Phi) is 6.23. The van der Waals surface area contributed by atoms with E-state index >= 15 is 0 Å². The molecule has 3 rings (SSSR count). The summed E-state index contributed by atoms with van der Waals surface area (Å²) in [4.78, 5) is 12.8. The molecule has 0 aliphatic heterocycles. The molecule has 1 heterocycles. The summed E-state index contributed by atoms with van der Waals surface area (Å²) < 4.78 is 16.1. The summed E-state index contributed by atoms with van der Waals surface area (Å²) in [6.45, 7) is 5.98. The summed E-state index contributed by atoms with van der Waals surface area (Å²) in [7, 11) is 0. The molecule has 0 aliphatic carbocycles. The highest BCUT2D eigenvalue weighted by atomic mass is 16.6. The van der Waals surface area contributed by atoms with Crippen molar-refractivity contribution < 1.29 is 24.1 Å². The molecule has 1 aromatic heterocycles. The van der Waals surface area contributed by atoms with Crippen LogP contribution in [-0.2, 0) is 14.3 Å². The van der Waals surface area contributed by atoms with Crippen molar-refractivity contribution in [2.75, 3.05) is 19.8 Å². The lowest BCUT2D eigenvalue weighted by Crippen LogP contribution is -2.29. The highest BCUT2D eigenvalue weighted by molar-refractivity contribution is 5.81. The van der Waals surface area contributed by atoms with Crippen molar-refractivity contribution >= 4 is 17.0 Å². The van der Waals surface area contributed by atoms with E-state index in [0.717, 1.165) is 17.1 Å². The Morgan fingerprint density at radius 3 is 2.54 bits per heavy atom. The Labute approximate surface area is 161 Å². The van der Waals surface area contributed by atoms with Gasteiger partial charge in [0.25, 0.3) is 0 Å². The standard InChI is InChI=1S/C20H21N3O5/c1-3-20(25)28-15(12-26-4-2)13-27-14-9-10-18(19(24)11-14)23-21-16-7-5-6-8-17(16)22-23/h3,5-11,15,24H,1,4,12-13H2,2H3. The second kappa shape index (κ2) is 9.01. The Bertz CT molecular complexity index is 936. The summed E-state index contributed by atoms with van der Waals surface area (Å²) in [6.07, 6.45) is 0.492. The number of esters is 1. The van der Waals surface area contributed by atoms with E-state index in [1.807, 2.05) is 31.2 Å². The molecule has 8 heteroatoms. The van der Waals surface area contributed by atoms with Crippen LogP contribution in [0.3, 0.4) is 0 Å². The average Bonchev–Trinajstić information content (AvgIpc) is 3.13. The van der Waals surface area contributed by atoms with Crippen molar-refractivity contribution in [2.45, 2.75) is 13.0 Å². The number of carbonyl (C=O) groups excluding carboxylic acids is 1. The minimum atomic E-state index is -0.592. The number of nitrogens with zero attached hydrogens (tertiary/aromatic N) is 3. The highest BCUT2D eigenvalue weighted by Crippen LogP contribution is 2.27. The number of phenols is 1. The van der Waals surface area contributed by atoms with Gasteiger partial charge in [0, 0.05) is 18.7 Å². The SMILES string of the molecule is C=CC(=O)OC(COCC)COc1ccc(-n2nc3ccccc3n2)c(O)c1. The van der Waals surface area contributed by atoms with E-state index in [1.165, 1.54) is 10.9 Å². The third kappa shape index (κ3) is 4.66. The predicted molar refractivity (Wildman–Crippen MR) is 103 cm³/mol. The van der Waals surface area contributed by atoms with Gasteiger partial charge in [0.1, 0.15) is 34.8 Å². The van der Waals surface area contributed by atoms with Crippen LogP contribution in [-0.4, -0.2) is 52.0 Å². The minimum Gasteiger partial charge on any atom is -0.505 e. The van der Waals surface area contributed by atoms with Crippen molar-refractivity contribution in [3.05, 3.63) is 55.1 Å². The lowest BCUT2D eigenvalue weighted by Gasteiger charge is -2.18. The Balaban J connectivity index is 1.70. The fourth-order valence-electron chi connectivity index (χ4n) is 2.50. The molecule has 0 amide bonds. The number of aromatic hydroxyl groups is 1. The van der Waals surface area contributed by atoms with Gasteiger partial charge in [-0.2, -0.15) is 0 Å². The average molecular weight is 383 g/mol. The molecule has 1 unspecified atom stereocenters. The van der Waals surface area contributed by atoms with Crippen LogP contribution in [0.1, 0.15) is 6.92 Å². The second-order valence-electron chi connectivity index (χ2n) is 5.86. The molecule has 1 atom stereocenters. The van der Waals surface area contributed by atoms with Crippen LogP contribution in [0.25, 0.3) is 16.7 Å². The van der Waals surface area contributed by atoms with Crippen LogP contribution in [0.15, 0.2) is 55.1 Å². The first-order valence-electron chi connectivity index (χ1n) is 8.79. The summed E-state index contributed by atoms with van der Waals surface area (Å²) in [5.74, 6) is -0.181. The van der Waals surface area contributed by atoms with Crippen LogP contribution in [0.4, 0.5) is 0 Å². The van der Waals surface area contributed by atoms with Gasteiger partial charge >= 0.3 is 5.97 Å². The van der Waals surface area contributed by atoms with Gasteiger partial charge in [0.15, 0.2) is 6.10 Å². The van der Waals surface area contributed by atoms with E-state index in [4.69, 9.17) is 14.2 Å². The van der Waals surface area contributed by atoms with Crippen molar-refractivity contribution in [1.29, 1.82) is 0 Å². The number of carbonyl (C=O) groups is 1. The fourth-order valence-corrected chi connectivity index (χ4v) is 2.50. The van der Waals surface area contributed by atoms with Crippen molar-refractivity contribution in [2.24, 2.45) is 0 Å². The zero-order valence-electron chi connectivity index (χ0n) is 15.4. The van der Waals surface area contributed by atoms with Gasteiger partial charge in [-0.05, 0) is 31.2 Å². The number of aromatic nitrogens is 3. The molecule has 0 saturated heterocycles. The third-order valence-corrected chi connectivity index (χ3v) is 3.84. The zero-order valence-corrected chi connectivity index (χ0v) is 15.4. The number of hydrogen-bond donors (Lipinski definition) is 1. The van der Waals surface area contributed by atoms with Crippen LogP contribution >= 0.6 is 0 Å². The number of fused-ring (bicyclic) bond motifs is 1. The Morgan fingerprint density at radius 1 is 1.21 bits per heavy atom. The molecule has 8 nitrogen and oxygen atoms in total. The van der Waals surface area contributed by atoms with Crippen LogP contribution in [0, 0.1) is 0 Å². The molecular weight excluding hydrogens is 362 g/mol. The van der Waals surface area contributed by atoms with Crippen molar-refractivity contribution in [3.63, 3.8) is 0 Å². The monoisotopic (exact) mass is 383 g/mol. The number of rotatable bonds is 9. The van der Waals surface area contributed by atoms with Gasteiger partial charge in [-0.1, -0.05) is 18.7 Å². The van der Waals surface area contributed by atoms with Gasteiger partial charge in [-0.25, -0.2) is 4.79 Å². The maximum atomic E-state index is 11.4. The summed E-state index contributed by atoms with van der Waals surface area (Å²) in [5, 5.41) is 19.0. The zero-order chi connectivity index (χ0) is 19.9. The third-order valence-electron chi connectivity index (χ3n) is 3.84. The van der Waals surface area contributed by atoms with Crippen LogP contribution in [0.5, 0.6) is 11.5 Å². The lowest BCUT2D eigenvalue weighted by molar-refractivity contribution is -0.147. The molecule has 2 aromatic carbocycles. The Morgan fingerprint density at radius 2 is 1.93 bits per heavy atom. The first-order chi connectivity index (χ1) is 13.6. The van der Waals surface area contributed by atoms with E-state index < -0.39 is 12.1 Å². The largest absolute Gasteiger partial charge is 0.505 e. The molecule has 28 heavy (non-hydrogen) atoms.